The summed E-state index contributed by atoms with van der Waals surface area (Å²) in [6.07, 6.45) is -1.83. The summed E-state index contributed by atoms with van der Waals surface area (Å²) in [4.78, 5) is 18.3. The molecule has 64 valence electrons. The normalized spacial score (nSPS) is 7.09. The van der Waals surface area contributed by atoms with Gasteiger partial charge in [-0.3, -0.25) is 0 Å². The summed E-state index contributed by atoms with van der Waals surface area (Å²) in [6, 6.07) is 0. The monoisotopic (exact) mass is 182 g/mol. The van der Waals surface area contributed by atoms with Crippen molar-refractivity contribution in [3.05, 3.63) is 12.3 Å². The predicted octanol–water partition coefficient (Wildman–Crippen LogP) is 2.12. The second kappa shape index (κ2) is 6.88. The van der Waals surface area contributed by atoms with Crippen LogP contribution in [0.15, 0.2) is 12.3 Å². The maximum atomic E-state index is 9.74. The highest BCUT2D eigenvalue weighted by Crippen LogP contribution is 1.94. The fourth-order valence-electron chi connectivity index (χ4n) is 0.137. The standard InChI is InChI=1S/C4H5ClO2.CH2O3/c1-3(2)7-4(5)6;2-1(3)4/h1H2,2H3;(H2,2,3,4). The van der Waals surface area contributed by atoms with E-state index in [1.165, 1.54) is 0 Å². The molecule has 0 saturated heterocycles. The van der Waals surface area contributed by atoms with Gasteiger partial charge >= 0.3 is 11.6 Å². The number of hydrogen-bond donors (Lipinski definition) is 2. The Kier molecular flexibility index (Phi) is 7.79. The van der Waals surface area contributed by atoms with Crippen LogP contribution in [0.4, 0.5) is 9.59 Å². The molecule has 0 unspecified atom stereocenters. The lowest BCUT2D eigenvalue weighted by atomic mass is 10.7. The molecule has 0 aliphatic heterocycles. The van der Waals surface area contributed by atoms with Crippen LogP contribution in [0.2, 0.25) is 0 Å². The Hall–Kier alpha value is -1.23. The van der Waals surface area contributed by atoms with Gasteiger partial charge in [0, 0.05) is 11.6 Å². The van der Waals surface area contributed by atoms with Crippen molar-refractivity contribution in [2.75, 3.05) is 0 Å². The summed E-state index contributed by atoms with van der Waals surface area (Å²) in [6.45, 7) is 4.81. The van der Waals surface area contributed by atoms with E-state index in [9.17, 15) is 4.79 Å². The number of allylic oxidation sites excluding steroid dienone is 1. The van der Waals surface area contributed by atoms with Crippen molar-refractivity contribution in [2.45, 2.75) is 6.92 Å². The van der Waals surface area contributed by atoms with Crippen LogP contribution in [-0.4, -0.2) is 21.8 Å². The van der Waals surface area contributed by atoms with Gasteiger partial charge in [0.05, 0.1) is 5.76 Å². The van der Waals surface area contributed by atoms with E-state index < -0.39 is 11.6 Å². The minimum atomic E-state index is -1.83. The third kappa shape index (κ3) is 52.4. The van der Waals surface area contributed by atoms with Crippen LogP contribution in [0.1, 0.15) is 6.92 Å². The van der Waals surface area contributed by atoms with Crippen molar-refractivity contribution in [3.8, 4) is 0 Å². The first kappa shape index (κ1) is 12.4. The third-order valence-corrected chi connectivity index (χ3v) is 0.332. The quantitative estimate of drug-likeness (QED) is 0.479. The Morgan fingerprint density at radius 1 is 1.45 bits per heavy atom. The fraction of sp³-hybridized carbons (Fsp3) is 0.200. The lowest BCUT2D eigenvalue weighted by molar-refractivity contribution is 0.137. The van der Waals surface area contributed by atoms with Gasteiger partial charge in [-0.05, 0) is 6.92 Å². The van der Waals surface area contributed by atoms with Crippen LogP contribution in [0.3, 0.4) is 0 Å². The molecule has 5 nitrogen and oxygen atoms in total. The predicted molar refractivity (Wildman–Crippen MR) is 37.8 cm³/mol. The summed E-state index contributed by atoms with van der Waals surface area (Å²) >= 11 is 4.75. The maximum absolute atomic E-state index is 9.74. The van der Waals surface area contributed by atoms with Crippen LogP contribution >= 0.6 is 11.6 Å². The van der Waals surface area contributed by atoms with Gasteiger partial charge < -0.3 is 14.9 Å². The van der Waals surface area contributed by atoms with Crippen LogP contribution in [0, 0.1) is 0 Å². The Balaban J connectivity index is 0. The lowest BCUT2D eigenvalue weighted by Crippen LogP contribution is -1.87. The van der Waals surface area contributed by atoms with Gasteiger partial charge in [0.25, 0.3) is 0 Å². The molecule has 0 spiro atoms. The van der Waals surface area contributed by atoms with Crippen molar-refractivity contribution in [1.82, 2.24) is 0 Å². The van der Waals surface area contributed by atoms with E-state index in [0.717, 1.165) is 0 Å². The largest absolute Gasteiger partial charge is 0.503 e. The Labute approximate surface area is 67.8 Å². The zero-order chi connectivity index (χ0) is 9.44. The molecule has 11 heavy (non-hydrogen) atoms. The molecule has 0 fully saturated rings. The highest BCUT2D eigenvalue weighted by atomic mass is 35.5. The van der Waals surface area contributed by atoms with Gasteiger partial charge in [-0.2, -0.15) is 0 Å². The molecule has 6 heteroatoms. The number of rotatable bonds is 1. The molecule has 0 aromatic rings. The maximum Gasteiger partial charge on any atom is 0.503 e. The van der Waals surface area contributed by atoms with Gasteiger partial charge in [-0.1, -0.05) is 6.58 Å². The van der Waals surface area contributed by atoms with Crippen LogP contribution in [-0.2, 0) is 4.74 Å². The molecule has 0 aliphatic rings. The van der Waals surface area contributed by atoms with Crippen LogP contribution in [0.25, 0.3) is 0 Å². The summed E-state index contributed by atoms with van der Waals surface area (Å²) in [5, 5.41) is 13.9. The van der Waals surface area contributed by atoms with Gasteiger partial charge in [0.1, 0.15) is 0 Å². The minimum Gasteiger partial charge on any atom is -0.450 e. The molecule has 0 rings (SSSR count). The van der Waals surface area contributed by atoms with E-state index in [1.54, 1.807) is 6.92 Å². The van der Waals surface area contributed by atoms with Crippen molar-refractivity contribution >= 4 is 23.2 Å². The summed E-state index contributed by atoms with van der Waals surface area (Å²) in [7, 11) is 0. The summed E-state index contributed by atoms with van der Waals surface area (Å²) in [5.74, 6) is 0.306. The topological polar surface area (TPSA) is 83.8 Å². The average Bonchev–Trinajstić information content (AvgIpc) is 1.56. The first-order valence-corrected chi connectivity index (χ1v) is 2.68. The van der Waals surface area contributed by atoms with Crippen LogP contribution < -0.4 is 0 Å². The first-order chi connectivity index (χ1) is 4.86. The number of carbonyl (C=O) groups excluding carboxylic acids is 1. The molecule has 0 aliphatic carbocycles. The second-order valence-electron chi connectivity index (χ2n) is 1.32. The molecule has 0 heterocycles. The van der Waals surface area contributed by atoms with Crippen molar-refractivity contribution in [1.29, 1.82) is 0 Å². The number of halogens is 1. The number of carbonyl (C=O) groups is 2. The molecule has 0 aromatic carbocycles. The van der Waals surface area contributed by atoms with E-state index in [4.69, 9.17) is 26.6 Å². The molecular formula is C5H7ClO5. The molecule has 0 amide bonds. The highest BCUT2D eigenvalue weighted by molar-refractivity contribution is 6.61. The molecule has 0 aromatic heterocycles. The number of carboxylic acid groups (broad SMARTS) is 2. The molecular weight excluding hydrogens is 176 g/mol. The third-order valence-electron chi connectivity index (χ3n) is 0.254. The first-order valence-electron chi connectivity index (χ1n) is 2.31. The van der Waals surface area contributed by atoms with E-state index in [2.05, 4.69) is 11.3 Å². The molecule has 0 atom stereocenters. The SMILES string of the molecule is C=C(C)OC(=O)Cl.O=C(O)O. The average molecular weight is 183 g/mol. The van der Waals surface area contributed by atoms with Gasteiger partial charge in [0.2, 0.25) is 0 Å². The Morgan fingerprint density at radius 2 is 1.73 bits per heavy atom. The van der Waals surface area contributed by atoms with E-state index in [0.29, 0.717) is 5.76 Å². The Morgan fingerprint density at radius 3 is 1.73 bits per heavy atom. The molecule has 0 radical (unpaired) electrons. The van der Waals surface area contributed by atoms with Crippen LogP contribution in [0.5, 0.6) is 0 Å². The van der Waals surface area contributed by atoms with Gasteiger partial charge in [-0.15, -0.1) is 0 Å². The van der Waals surface area contributed by atoms with E-state index in [1.807, 2.05) is 0 Å². The smallest absolute Gasteiger partial charge is 0.450 e. The van der Waals surface area contributed by atoms with E-state index in [-0.39, 0.29) is 0 Å². The summed E-state index contributed by atoms with van der Waals surface area (Å²) < 4.78 is 4.18. The second-order valence-corrected chi connectivity index (χ2v) is 1.63. The highest BCUT2D eigenvalue weighted by Gasteiger charge is 1.91. The molecule has 0 saturated carbocycles. The minimum absolute atomic E-state index is 0.306. The fourth-order valence-corrected chi connectivity index (χ4v) is 0.269. The van der Waals surface area contributed by atoms with Crippen molar-refractivity contribution in [2.24, 2.45) is 0 Å². The zero-order valence-electron chi connectivity index (χ0n) is 5.70. The number of hydrogen-bond acceptors (Lipinski definition) is 3. The molecule has 2 N–H and O–H groups in total. The molecule has 0 bridgehead atoms. The van der Waals surface area contributed by atoms with Gasteiger partial charge in [-0.25, -0.2) is 9.59 Å². The lowest BCUT2D eigenvalue weighted by Gasteiger charge is -1.91. The van der Waals surface area contributed by atoms with Crippen molar-refractivity contribution in [3.63, 3.8) is 0 Å². The Bertz CT molecular complexity index is 148. The zero-order valence-corrected chi connectivity index (χ0v) is 6.46. The van der Waals surface area contributed by atoms with Crippen molar-refractivity contribution < 1.29 is 24.5 Å². The summed E-state index contributed by atoms with van der Waals surface area (Å²) in [5.41, 5.74) is -0.840. The van der Waals surface area contributed by atoms with E-state index >= 15 is 0 Å². The van der Waals surface area contributed by atoms with Gasteiger partial charge in [0.15, 0.2) is 0 Å². The number of ether oxygens (including phenoxy) is 1.